The van der Waals surface area contributed by atoms with Crippen LogP contribution in [0.5, 0.6) is 0 Å². The lowest BCUT2D eigenvalue weighted by molar-refractivity contribution is 0.109. The molecule has 1 fully saturated rings. The Bertz CT molecular complexity index is 353. The number of hydrogen-bond acceptors (Lipinski definition) is 5. The van der Waals surface area contributed by atoms with Crippen molar-refractivity contribution in [3.8, 4) is 0 Å². The molecule has 2 rings (SSSR count). The first-order chi connectivity index (χ1) is 8.24. The number of hydrogen-bond donors (Lipinski definition) is 1. The summed E-state index contributed by atoms with van der Waals surface area (Å²) in [6, 6.07) is 0.207. The standard InChI is InChI=1S/C12H21N3O2/c1-4-9-5-6-13-10(7-9)12-14-11(15-17-12)8(2)16-3/h8-10,13H,4-7H2,1-3H3. The van der Waals surface area contributed by atoms with Gasteiger partial charge in [0.05, 0.1) is 6.04 Å². The molecule has 0 amide bonds. The van der Waals surface area contributed by atoms with E-state index in [1.807, 2.05) is 6.92 Å². The molecule has 0 bridgehead atoms. The fraction of sp³-hybridized carbons (Fsp3) is 0.833. The first-order valence-electron chi connectivity index (χ1n) is 6.34. The van der Waals surface area contributed by atoms with E-state index in [0.717, 1.165) is 18.9 Å². The van der Waals surface area contributed by atoms with Gasteiger partial charge < -0.3 is 14.6 Å². The third-order valence-corrected chi connectivity index (χ3v) is 3.56. The van der Waals surface area contributed by atoms with Crippen LogP contribution in [-0.4, -0.2) is 23.8 Å². The zero-order chi connectivity index (χ0) is 12.3. The van der Waals surface area contributed by atoms with Gasteiger partial charge in [-0.3, -0.25) is 0 Å². The van der Waals surface area contributed by atoms with E-state index in [1.54, 1.807) is 7.11 Å². The van der Waals surface area contributed by atoms with Gasteiger partial charge in [-0.05, 0) is 32.2 Å². The largest absolute Gasteiger partial charge is 0.374 e. The van der Waals surface area contributed by atoms with E-state index in [0.29, 0.717) is 11.7 Å². The number of methoxy groups -OCH3 is 1. The zero-order valence-electron chi connectivity index (χ0n) is 10.8. The Balaban J connectivity index is 2.04. The first-order valence-corrected chi connectivity index (χ1v) is 6.34. The molecule has 0 radical (unpaired) electrons. The summed E-state index contributed by atoms with van der Waals surface area (Å²) in [5.41, 5.74) is 0. The molecule has 0 aliphatic carbocycles. The normalized spacial score (nSPS) is 27.0. The zero-order valence-corrected chi connectivity index (χ0v) is 10.8. The number of ether oxygens (including phenoxy) is 1. The summed E-state index contributed by atoms with van der Waals surface area (Å²) in [6.45, 7) is 5.18. The molecule has 1 aromatic heterocycles. The predicted molar refractivity (Wildman–Crippen MR) is 63.5 cm³/mol. The van der Waals surface area contributed by atoms with E-state index < -0.39 is 0 Å². The van der Waals surface area contributed by atoms with Crippen LogP contribution in [0.1, 0.15) is 57.0 Å². The SMILES string of the molecule is CCC1CCNC(c2nc(C(C)OC)no2)C1. The summed E-state index contributed by atoms with van der Waals surface area (Å²) >= 11 is 0. The second-order valence-electron chi connectivity index (χ2n) is 4.67. The van der Waals surface area contributed by atoms with Gasteiger partial charge >= 0.3 is 0 Å². The molecule has 3 atom stereocenters. The van der Waals surface area contributed by atoms with Crippen LogP contribution in [0.4, 0.5) is 0 Å². The fourth-order valence-electron chi connectivity index (χ4n) is 2.21. The van der Waals surface area contributed by atoms with Gasteiger partial charge in [-0.1, -0.05) is 18.5 Å². The van der Waals surface area contributed by atoms with E-state index in [-0.39, 0.29) is 12.1 Å². The van der Waals surface area contributed by atoms with Gasteiger partial charge in [-0.2, -0.15) is 4.98 Å². The highest BCUT2D eigenvalue weighted by Crippen LogP contribution is 2.28. The third kappa shape index (κ3) is 2.84. The van der Waals surface area contributed by atoms with Crippen molar-refractivity contribution >= 4 is 0 Å². The van der Waals surface area contributed by atoms with Gasteiger partial charge in [0.25, 0.3) is 0 Å². The van der Waals surface area contributed by atoms with Crippen LogP contribution in [0.15, 0.2) is 4.52 Å². The maximum Gasteiger partial charge on any atom is 0.243 e. The fourth-order valence-corrected chi connectivity index (χ4v) is 2.21. The highest BCUT2D eigenvalue weighted by atomic mass is 16.5. The maximum atomic E-state index is 5.32. The molecule has 17 heavy (non-hydrogen) atoms. The van der Waals surface area contributed by atoms with Crippen LogP contribution in [0.25, 0.3) is 0 Å². The molecule has 1 aliphatic rings. The van der Waals surface area contributed by atoms with Crippen molar-refractivity contribution in [1.82, 2.24) is 15.5 Å². The summed E-state index contributed by atoms with van der Waals surface area (Å²) in [5, 5.41) is 7.39. The molecule has 5 nitrogen and oxygen atoms in total. The summed E-state index contributed by atoms with van der Waals surface area (Å²) in [6.07, 6.45) is 3.42. The molecule has 1 aromatic rings. The van der Waals surface area contributed by atoms with Crippen LogP contribution >= 0.6 is 0 Å². The average molecular weight is 239 g/mol. The average Bonchev–Trinajstić information content (AvgIpc) is 2.87. The van der Waals surface area contributed by atoms with Crippen molar-refractivity contribution in [3.05, 3.63) is 11.7 Å². The Morgan fingerprint density at radius 3 is 3.12 bits per heavy atom. The van der Waals surface area contributed by atoms with E-state index in [1.165, 1.54) is 12.8 Å². The molecule has 0 spiro atoms. The van der Waals surface area contributed by atoms with Crippen molar-refractivity contribution < 1.29 is 9.26 Å². The monoisotopic (exact) mass is 239 g/mol. The van der Waals surface area contributed by atoms with Crippen LogP contribution in [0.2, 0.25) is 0 Å². The van der Waals surface area contributed by atoms with Gasteiger partial charge in [-0.25, -0.2) is 0 Å². The number of nitrogens with zero attached hydrogens (tertiary/aromatic N) is 2. The van der Waals surface area contributed by atoms with Crippen molar-refractivity contribution in [1.29, 1.82) is 0 Å². The molecule has 0 saturated carbocycles. The lowest BCUT2D eigenvalue weighted by Gasteiger charge is -2.27. The number of aromatic nitrogens is 2. The molecule has 1 N–H and O–H groups in total. The molecular weight excluding hydrogens is 218 g/mol. The second-order valence-corrected chi connectivity index (χ2v) is 4.67. The summed E-state index contributed by atoms with van der Waals surface area (Å²) in [4.78, 5) is 4.41. The predicted octanol–water partition coefficient (Wildman–Crippen LogP) is 2.23. The topological polar surface area (TPSA) is 60.2 Å². The number of nitrogens with one attached hydrogen (secondary N) is 1. The lowest BCUT2D eigenvalue weighted by atomic mass is 9.90. The highest BCUT2D eigenvalue weighted by molar-refractivity contribution is 4.97. The van der Waals surface area contributed by atoms with Crippen LogP contribution < -0.4 is 5.32 Å². The Morgan fingerprint density at radius 1 is 1.59 bits per heavy atom. The van der Waals surface area contributed by atoms with Crippen molar-refractivity contribution in [3.63, 3.8) is 0 Å². The number of rotatable bonds is 4. The third-order valence-electron chi connectivity index (χ3n) is 3.56. The minimum absolute atomic E-state index is 0.113. The summed E-state index contributed by atoms with van der Waals surface area (Å²) < 4.78 is 10.5. The van der Waals surface area contributed by atoms with Gasteiger partial charge in [0.2, 0.25) is 5.89 Å². The van der Waals surface area contributed by atoms with Crippen molar-refractivity contribution in [2.75, 3.05) is 13.7 Å². The van der Waals surface area contributed by atoms with Crippen LogP contribution in [-0.2, 0) is 4.74 Å². The van der Waals surface area contributed by atoms with E-state index in [9.17, 15) is 0 Å². The molecule has 0 aromatic carbocycles. The first kappa shape index (κ1) is 12.5. The maximum absolute atomic E-state index is 5.32. The number of piperidine rings is 1. The van der Waals surface area contributed by atoms with Crippen molar-refractivity contribution in [2.45, 2.75) is 45.3 Å². The van der Waals surface area contributed by atoms with Crippen LogP contribution in [0, 0.1) is 5.92 Å². The lowest BCUT2D eigenvalue weighted by Crippen LogP contribution is -2.31. The van der Waals surface area contributed by atoms with Gasteiger partial charge in [0, 0.05) is 7.11 Å². The molecule has 96 valence electrons. The van der Waals surface area contributed by atoms with Crippen molar-refractivity contribution in [2.24, 2.45) is 5.92 Å². The molecule has 5 heteroatoms. The van der Waals surface area contributed by atoms with Gasteiger partial charge in [-0.15, -0.1) is 0 Å². The Kier molecular flexibility index (Phi) is 4.12. The molecule has 1 aliphatic heterocycles. The highest BCUT2D eigenvalue weighted by Gasteiger charge is 2.26. The quantitative estimate of drug-likeness (QED) is 0.873. The smallest absolute Gasteiger partial charge is 0.243 e. The van der Waals surface area contributed by atoms with E-state index in [4.69, 9.17) is 9.26 Å². The summed E-state index contributed by atoms with van der Waals surface area (Å²) in [5.74, 6) is 2.08. The van der Waals surface area contributed by atoms with Gasteiger partial charge in [0.15, 0.2) is 5.82 Å². The molecule has 2 heterocycles. The Morgan fingerprint density at radius 2 is 2.41 bits per heavy atom. The Labute approximate surface area is 102 Å². The minimum Gasteiger partial charge on any atom is -0.374 e. The molecule has 1 saturated heterocycles. The molecular formula is C12H21N3O2. The minimum atomic E-state index is -0.113. The Hall–Kier alpha value is -0.940. The second kappa shape index (κ2) is 5.60. The van der Waals surface area contributed by atoms with E-state index in [2.05, 4.69) is 22.4 Å². The summed E-state index contributed by atoms with van der Waals surface area (Å²) in [7, 11) is 1.65. The van der Waals surface area contributed by atoms with E-state index >= 15 is 0 Å². The van der Waals surface area contributed by atoms with Crippen LogP contribution in [0.3, 0.4) is 0 Å². The van der Waals surface area contributed by atoms with Gasteiger partial charge in [0.1, 0.15) is 6.10 Å². The molecule has 3 unspecified atom stereocenters.